The van der Waals surface area contributed by atoms with Crippen LogP contribution in [-0.4, -0.2) is 46.9 Å². The van der Waals surface area contributed by atoms with E-state index in [1.54, 1.807) is 29.7 Å². The predicted molar refractivity (Wildman–Crippen MR) is 168 cm³/mol. The number of benzene rings is 2. The second-order valence-corrected chi connectivity index (χ2v) is 12.6. The van der Waals surface area contributed by atoms with Crippen LogP contribution in [0, 0.1) is 5.82 Å². The number of aromatic nitrogens is 3. The lowest BCUT2D eigenvalue weighted by Gasteiger charge is -2.29. The van der Waals surface area contributed by atoms with Crippen LogP contribution < -0.4 is 20.3 Å². The fourth-order valence-corrected chi connectivity index (χ4v) is 6.10. The predicted octanol–water partition coefficient (Wildman–Crippen LogP) is 7.33. The topological polar surface area (TPSA) is 78.0 Å². The maximum Gasteiger partial charge on any atom is 0.227 e. The van der Waals surface area contributed by atoms with Gasteiger partial charge in [-0.25, -0.2) is 19.3 Å². The molecule has 0 aliphatic carbocycles. The molecule has 40 heavy (non-hydrogen) atoms. The first-order valence-electron chi connectivity index (χ1n) is 13.7. The number of piperazine rings is 1. The van der Waals surface area contributed by atoms with Crippen LogP contribution in [-0.2, 0) is 5.41 Å². The highest BCUT2D eigenvalue weighted by molar-refractivity contribution is 8.00. The van der Waals surface area contributed by atoms with Gasteiger partial charge < -0.3 is 20.3 Å². The van der Waals surface area contributed by atoms with Gasteiger partial charge >= 0.3 is 0 Å². The molecule has 0 amide bonds. The Hall–Kier alpha value is -3.21. The van der Waals surface area contributed by atoms with Gasteiger partial charge in [-0.1, -0.05) is 45.7 Å². The number of thiazole rings is 1. The molecule has 1 aliphatic rings. The summed E-state index contributed by atoms with van der Waals surface area (Å²) >= 11 is 3.06. The number of halogens is 1. The van der Waals surface area contributed by atoms with Crippen LogP contribution >= 0.6 is 23.3 Å². The zero-order valence-electron chi connectivity index (χ0n) is 23.4. The van der Waals surface area contributed by atoms with E-state index in [1.165, 1.54) is 17.6 Å². The van der Waals surface area contributed by atoms with Crippen molar-refractivity contribution in [2.24, 2.45) is 0 Å². The monoisotopic (exact) mass is 577 g/mol. The highest BCUT2D eigenvalue weighted by atomic mass is 32.2. The molecule has 3 N–H and O–H groups in total. The molecule has 0 atom stereocenters. The fourth-order valence-electron chi connectivity index (χ4n) is 4.37. The van der Waals surface area contributed by atoms with Crippen molar-refractivity contribution < 1.29 is 4.39 Å². The first-order valence-corrected chi connectivity index (χ1v) is 15.5. The molecule has 5 rings (SSSR count). The van der Waals surface area contributed by atoms with Gasteiger partial charge in [0.2, 0.25) is 5.95 Å². The van der Waals surface area contributed by atoms with Crippen LogP contribution in [0.1, 0.15) is 39.1 Å². The minimum absolute atomic E-state index is 0.193. The highest BCUT2D eigenvalue weighted by Gasteiger charge is 2.26. The number of nitrogens with zero attached hydrogens (tertiary/aromatic N) is 4. The van der Waals surface area contributed by atoms with Gasteiger partial charge in [0.05, 0.1) is 27.0 Å². The summed E-state index contributed by atoms with van der Waals surface area (Å²) in [5.74, 6) is 1.07. The van der Waals surface area contributed by atoms with Crippen molar-refractivity contribution in [1.82, 2.24) is 20.3 Å². The van der Waals surface area contributed by atoms with Crippen LogP contribution in [0.15, 0.2) is 54.7 Å². The minimum atomic E-state index is -0.310. The molecule has 1 aliphatic heterocycles. The van der Waals surface area contributed by atoms with Gasteiger partial charge in [0.25, 0.3) is 0 Å². The fraction of sp³-hybridized carbons (Fsp3) is 0.367. The molecule has 0 spiro atoms. The van der Waals surface area contributed by atoms with Crippen LogP contribution in [0.25, 0.3) is 21.8 Å². The first-order chi connectivity index (χ1) is 19.3. The molecule has 4 aromatic rings. The smallest absolute Gasteiger partial charge is 0.227 e. The van der Waals surface area contributed by atoms with E-state index in [0.29, 0.717) is 28.6 Å². The van der Waals surface area contributed by atoms with Gasteiger partial charge in [0, 0.05) is 60.5 Å². The standard InChI is InChI=1S/C30H36FN7S2/c1-5-19-39-37-23-8-6-7-22(25(23)31)26-27(40-28(36-26)30(2,3)4)24-13-14-33-29(35-24)34-20-9-11-21(12-10-20)38-17-15-32-16-18-38/h6-14,32,37H,5,15-19H2,1-4H3,(H,33,34,35). The summed E-state index contributed by atoms with van der Waals surface area (Å²) < 4.78 is 18.9. The van der Waals surface area contributed by atoms with Crippen LogP contribution in [0.3, 0.4) is 0 Å². The van der Waals surface area contributed by atoms with Crippen molar-refractivity contribution in [3.8, 4) is 21.8 Å². The zero-order chi connectivity index (χ0) is 28.1. The molecule has 0 radical (unpaired) electrons. The molecule has 210 valence electrons. The largest absolute Gasteiger partial charge is 0.369 e. The number of hydrogen-bond acceptors (Lipinski definition) is 9. The molecule has 1 saturated heterocycles. The quantitative estimate of drug-likeness (QED) is 0.141. The van der Waals surface area contributed by atoms with Gasteiger partial charge in [-0.2, -0.15) is 0 Å². The van der Waals surface area contributed by atoms with E-state index in [1.807, 2.05) is 24.3 Å². The normalized spacial score (nSPS) is 13.9. The lowest BCUT2D eigenvalue weighted by molar-refractivity contribution is 0.585. The lowest BCUT2D eigenvalue weighted by atomic mass is 9.98. The van der Waals surface area contributed by atoms with Gasteiger partial charge in [0.15, 0.2) is 5.82 Å². The SMILES string of the molecule is CCCSNc1cccc(-c2nc(C(C)(C)C)sc2-c2ccnc(Nc3ccc(N4CCNCC4)cc3)n2)c1F. The third-order valence-corrected chi connectivity index (χ3v) is 8.98. The highest BCUT2D eigenvalue weighted by Crippen LogP contribution is 2.42. The Morgan fingerprint density at radius 2 is 1.82 bits per heavy atom. The Kier molecular flexibility index (Phi) is 8.87. The third-order valence-electron chi connectivity index (χ3n) is 6.50. The second kappa shape index (κ2) is 12.5. The van der Waals surface area contributed by atoms with Crippen LogP contribution in [0.2, 0.25) is 0 Å². The molecule has 1 fully saturated rings. The van der Waals surface area contributed by atoms with E-state index in [4.69, 9.17) is 9.97 Å². The molecular formula is C30H36FN7S2. The van der Waals surface area contributed by atoms with E-state index in [2.05, 4.69) is 65.1 Å². The van der Waals surface area contributed by atoms with Gasteiger partial charge in [-0.05, 0) is 48.9 Å². The van der Waals surface area contributed by atoms with Crippen molar-refractivity contribution in [2.45, 2.75) is 39.5 Å². The maximum absolute atomic E-state index is 15.8. The maximum atomic E-state index is 15.8. The van der Waals surface area contributed by atoms with Crippen LogP contribution in [0.4, 0.5) is 27.4 Å². The Morgan fingerprint density at radius 3 is 2.55 bits per heavy atom. The van der Waals surface area contributed by atoms with Crippen molar-refractivity contribution in [2.75, 3.05) is 46.9 Å². The molecule has 3 heterocycles. The van der Waals surface area contributed by atoms with Crippen molar-refractivity contribution in [3.63, 3.8) is 0 Å². The number of rotatable bonds is 9. The summed E-state index contributed by atoms with van der Waals surface area (Å²) in [4.78, 5) is 17.4. The van der Waals surface area contributed by atoms with Crippen molar-refractivity contribution in [3.05, 3.63) is 65.6 Å². The average molecular weight is 578 g/mol. The lowest BCUT2D eigenvalue weighted by Crippen LogP contribution is -2.43. The third kappa shape index (κ3) is 6.56. The summed E-state index contributed by atoms with van der Waals surface area (Å²) in [5, 5.41) is 7.65. The summed E-state index contributed by atoms with van der Waals surface area (Å²) in [7, 11) is 0. The molecule has 2 aromatic heterocycles. The Bertz CT molecular complexity index is 1430. The van der Waals surface area contributed by atoms with Crippen molar-refractivity contribution >= 4 is 46.3 Å². The summed E-state index contributed by atoms with van der Waals surface area (Å²) in [6.07, 6.45) is 2.74. The molecule has 0 unspecified atom stereocenters. The molecule has 2 aromatic carbocycles. The number of anilines is 4. The van der Waals surface area contributed by atoms with E-state index in [9.17, 15) is 0 Å². The summed E-state index contributed by atoms with van der Waals surface area (Å²) in [6, 6.07) is 15.6. The molecular weight excluding hydrogens is 542 g/mol. The average Bonchev–Trinajstić information content (AvgIpc) is 3.41. The summed E-state index contributed by atoms with van der Waals surface area (Å²) in [5.41, 5.74) is 4.14. The Labute approximate surface area is 244 Å². The number of hydrogen-bond donors (Lipinski definition) is 3. The van der Waals surface area contributed by atoms with Gasteiger partial charge in [0.1, 0.15) is 0 Å². The van der Waals surface area contributed by atoms with Gasteiger partial charge in [-0.15, -0.1) is 11.3 Å². The summed E-state index contributed by atoms with van der Waals surface area (Å²) in [6.45, 7) is 12.5. The molecule has 7 nitrogen and oxygen atoms in total. The minimum Gasteiger partial charge on any atom is -0.369 e. The molecule has 0 saturated carbocycles. The van der Waals surface area contributed by atoms with Crippen LogP contribution in [0.5, 0.6) is 0 Å². The van der Waals surface area contributed by atoms with Crippen molar-refractivity contribution in [1.29, 1.82) is 0 Å². The second-order valence-electron chi connectivity index (χ2n) is 10.7. The van der Waals surface area contributed by atoms with E-state index >= 15 is 4.39 Å². The number of nitrogens with one attached hydrogen (secondary N) is 3. The first kappa shape index (κ1) is 28.3. The zero-order valence-corrected chi connectivity index (χ0v) is 25.1. The van der Waals surface area contributed by atoms with Gasteiger partial charge in [-0.3, -0.25) is 0 Å². The molecule has 0 bridgehead atoms. The molecule has 10 heteroatoms. The Morgan fingerprint density at radius 1 is 1.05 bits per heavy atom. The van der Waals surface area contributed by atoms with E-state index < -0.39 is 0 Å². The Balaban J connectivity index is 1.45. The van der Waals surface area contributed by atoms with E-state index in [-0.39, 0.29) is 11.2 Å². The van der Waals surface area contributed by atoms with E-state index in [0.717, 1.165) is 53.9 Å².